The van der Waals surface area contributed by atoms with E-state index < -0.39 is 48.7 Å². The number of Topliss-reactive ketones (excluding diaryl/α,β-unsaturated/α-hetero) is 2. The van der Waals surface area contributed by atoms with E-state index in [1.165, 1.54) is 0 Å². The Kier molecular flexibility index (Phi) is 10.1. The Balaban J connectivity index is 1.67. The number of aliphatic carboxylic acids is 1. The van der Waals surface area contributed by atoms with Gasteiger partial charge in [0.25, 0.3) is 0 Å². The maximum Gasteiger partial charge on any atom is 0.303 e. The van der Waals surface area contributed by atoms with Crippen molar-refractivity contribution in [3.05, 3.63) is 128 Å². The average Bonchev–Trinajstić information content (AvgIpc) is 3.79. The van der Waals surface area contributed by atoms with Crippen LogP contribution in [0.4, 0.5) is 0 Å². The normalized spacial score (nSPS) is 24.3. The molecule has 0 aromatic carbocycles. The maximum atomic E-state index is 13.7. The lowest BCUT2D eigenvalue weighted by Crippen LogP contribution is -2.41. The summed E-state index contributed by atoms with van der Waals surface area (Å²) in [5.41, 5.74) is 8.85. The van der Waals surface area contributed by atoms with E-state index in [1.807, 2.05) is 39.8 Å². The zero-order chi connectivity index (χ0) is 38.4. The molecule has 274 valence electrons. The number of aliphatic imine (C=N–C) groups is 3. The Bertz CT molecular complexity index is 2190. The Hall–Kier alpha value is -5.56. The van der Waals surface area contributed by atoms with Crippen molar-refractivity contribution in [3.63, 3.8) is 0 Å². The van der Waals surface area contributed by atoms with Crippen molar-refractivity contribution < 1.29 is 39.9 Å². The third-order valence-electron chi connectivity index (χ3n) is 10.8. The van der Waals surface area contributed by atoms with E-state index in [9.17, 15) is 39.9 Å². The fraction of sp³-hybridized carbons (Fsp3) is 0.317. The van der Waals surface area contributed by atoms with E-state index in [0.29, 0.717) is 51.2 Å². The molecule has 12 heteroatoms. The van der Waals surface area contributed by atoms with E-state index >= 15 is 0 Å². The first-order valence-corrected chi connectivity index (χ1v) is 17.4. The van der Waals surface area contributed by atoms with Crippen LogP contribution in [0.15, 0.2) is 143 Å². The SMILES string of the molecule is C=CC1=C(C)C2=CC3=C4C=CC(=C(O)CO)[C@H](C(=O)CO)[C@]4(C)C(=CC4=NC(=CC5=NC(=CC1=N2)C(C)=C5CCC(=O)O)C(CCC(=O)CO)=C4C)N3. The molecule has 0 amide bonds. The van der Waals surface area contributed by atoms with Gasteiger partial charge >= 0.3 is 5.97 Å². The molecule has 53 heavy (non-hydrogen) atoms. The van der Waals surface area contributed by atoms with Gasteiger partial charge in [0.05, 0.1) is 40.1 Å². The highest BCUT2D eigenvalue weighted by Gasteiger charge is 2.52. The first-order valence-electron chi connectivity index (χ1n) is 17.4. The number of fused-ring (bicyclic) bond motifs is 7. The van der Waals surface area contributed by atoms with Crippen molar-refractivity contribution in [2.45, 2.75) is 53.4 Å². The Morgan fingerprint density at radius 1 is 0.792 bits per heavy atom. The summed E-state index contributed by atoms with van der Waals surface area (Å²) in [6, 6.07) is 0. The molecule has 5 aliphatic heterocycles. The number of aliphatic hydroxyl groups excluding tert-OH is 4. The highest BCUT2D eigenvalue weighted by molar-refractivity contribution is 6.18. The number of hydrogen-bond donors (Lipinski definition) is 6. The average molecular weight is 719 g/mol. The van der Waals surface area contributed by atoms with Gasteiger partial charge in [0, 0.05) is 40.8 Å². The molecule has 0 aromatic heterocycles. The van der Waals surface area contributed by atoms with Gasteiger partial charge < -0.3 is 30.8 Å². The Morgan fingerprint density at radius 3 is 2.11 bits per heavy atom. The summed E-state index contributed by atoms with van der Waals surface area (Å²) < 4.78 is 0. The number of nitrogens with one attached hydrogen (secondary N) is 1. The largest absolute Gasteiger partial charge is 0.510 e. The van der Waals surface area contributed by atoms with Crippen LogP contribution < -0.4 is 5.32 Å². The minimum Gasteiger partial charge on any atom is -0.510 e. The summed E-state index contributed by atoms with van der Waals surface area (Å²) in [4.78, 5) is 52.6. The molecule has 12 nitrogen and oxygen atoms in total. The van der Waals surface area contributed by atoms with Gasteiger partial charge in [-0.1, -0.05) is 24.8 Å². The van der Waals surface area contributed by atoms with E-state index in [-0.39, 0.29) is 37.0 Å². The Labute approximate surface area is 306 Å². The molecular weight excluding hydrogens is 676 g/mol. The van der Waals surface area contributed by atoms with Gasteiger partial charge in [0.2, 0.25) is 0 Å². The monoisotopic (exact) mass is 718 g/mol. The summed E-state index contributed by atoms with van der Waals surface area (Å²) in [5, 5.41) is 53.5. The molecule has 0 aromatic rings. The van der Waals surface area contributed by atoms with Crippen molar-refractivity contribution >= 4 is 34.7 Å². The van der Waals surface area contributed by atoms with E-state index in [2.05, 4.69) is 11.9 Å². The molecule has 6 aliphatic rings. The lowest BCUT2D eigenvalue weighted by molar-refractivity contribution is -0.137. The second kappa shape index (κ2) is 14.5. The van der Waals surface area contributed by atoms with Gasteiger partial charge in [-0.2, -0.15) is 0 Å². The van der Waals surface area contributed by atoms with Crippen LogP contribution in [-0.4, -0.2) is 80.0 Å². The van der Waals surface area contributed by atoms with Crippen LogP contribution in [0.25, 0.3) is 0 Å². The molecule has 5 heterocycles. The highest BCUT2D eigenvalue weighted by Crippen LogP contribution is 2.54. The summed E-state index contributed by atoms with van der Waals surface area (Å²) in [6.07, 6.45) is 12.8. The van der Waals surface area contributed by atoms with E-state index in [4.69, 9.17) is 15.0 Å². The first kappa shape index (κ1) is 37.2. The minimum absolute atomic E-state index is 0.0555. The van der Waals surface area contributed by atoms with E-state index in [1.54, 1.807) is 30.4 Å². The van der Waals surface area contributed by atoms with Gasteiger partial charge in [-0.3, -0.25) is 14.4 Å². The molecule has 6 N–H and O–H groups in total. The van der Waals surface area contributed by atoms with Crippen molar-refractivity contribution in [2.75, 3.05) is 19.8 Å². The number of aliphatic hydroxyl groups is 4. The smallest absolute Gasteiger partial charge is 0.303 e. The van der Waals surface area contributed by atoms with Gasteiger partial charge in [-0.15, -0.1) is 0 Å². The van der Waals surface area contributed by atoms with Gasteiger partial charge in [0.1, 0.15) is 25.6 Å². The third-order valence-corrected chi connectivity index (χ3v) is 10.8. The Morgan fingerprint density at radius 2 is 1.45 bits per heavy atom. The zero-order valence-corrected chi connectivity index (χ0v) is 30.1. The fourth-order valence-corrected chi connectivity index (χ4v) is 7.79. The number of hydrogen-bond acceptors (Lipinski definition) is 11. The lowest BCUT2D eigenvalue weighted by atomic mass is 9.62. The van der Waals surface area contributed by atoms with Crippen molar-refractivity contribution in [3.8, 4) is 0 Å². The number of carbonyl (C=O) groups excluding carboxylic acids is 2. The maximum absolute atomic E-state index is 13.7. The molecular formula is C41H42N4O8. The number of ketones is 2. The summed E-state index contributed by atoms with van der Waals surface area (Å²) in [6.45, 7) is 9.44. The molecule has 1 aliphatic carbocycles. The highest BCUT2D eigenvalue weighted by atomic mass is 16.4. The fourth-order valence-electron chi connectivity index (χ4n) is 7.79. The second-order valence-corrected chi connectivity index (χ2v) is 13.8. The van der Waals surface area contributed by atoms with Crippen LogP contribution in [0.2, 0.25) is 0 Å². The standard InChI is InChI=1S/C41H42N4O8/c1-6-24-20(2)30-14-35-28-11-9-27(36(50)18-47)40(37(51)19-48)41(28,5)38(45-35)16-31-22(4)25(8-7-23(49)17-46)33(44-31)15-34-26(10-12-39(52)53)21(3)29(43-34)13-32(24)42-30/h6,9,11,13-16,40,45-48,50H,1,7-8,10,12,17-19H2,2-5H3,(H,52,53)/t40-,41+/m1/s1. The third kappa shape index (κ3) is 6.43. The second-order valence-electron chi connectivity index (χ2n) is 13.8. The van der Waals surface area contributed by atoms with Gasteiger partial charge in [-0.25, -0.2) is 15.0 Å². The quantitative estimate of drug-likeness (QED) is 0.164. The van der Waals surface area contributed by atoms with Crippen molar-refractivity contribution in [1.82, 2.24) is 5.32 Å². The van der Waals surface area contributed by atoms with Crippen LogP contribution in [0.5, 0.6) is 0 Å². The molecule has 0 unspecified atom stereocenters. The van der Waals surface area contributed by atoms with Crippen molar-refractivity contribution in [1.29, 1.82) is 0 Å². The van der Waals surface area contributed by atoms with Crippen molar-refractivity contribution in [2.24, 2.45) is 26.3 Å². The molecule has 6 rings (SSSR count). The molecule has 2 atom stereocenters. The number of carbonyl (C=O) groups is 3. The number of nitrogens with zero attached hydrogens (tertiary/aromatic N) is 3. The molecule has 0 spiro atoms. The van der Waals surface area contributed by atoms with Gasteiger partial charge in [-0.05, 0) is 98.3 Å². The summed E-state index contributed by atoms with van der Waals surface area (Å²) in [7, 11) is 0. The van der Waals surface area contributed by atoms with Crippen LogP contribution in [0.3, 0.4) is 0 Å². The number of rotatable bonds is 11. The number of carboxylic acids is 1. The zero-order valence-electron chi connectivity index (χ0n) is 30.1. The van der Waals surface area contributed by atoms with E-state index in [0.717, 1.165) is 33.4 Å². The molecule has 0 fully saturated rings. The van der Waals surface area contributed by atoms with Crippen LogP contribution in [-0.2, 0) is 14.4 Å². The molecule has 0 radical (unpaired) electrons. The topological polar surface area (TPSA) is 201 Å². The lowest BCUT2D eigenvalue weighted by Gasteiger charge is -2.39. The molecule has 8 bridgehead atoms. The van der Waals surface area contributed by atoms with Gasteiger partial charge in [0.15, 0.2) is 11.6 Å². The van der Waals surface area contributed by atoms with Crippen LogP contribution >= 0.6 is 0 Å². The minimum atomic E-state index is -1.19. The molecule has 0 saturated heterocycles. The predicted molar refractivity (Wildman–Crippen MR) is 201 cm³/mol. The van der Waals surface area contributed by atoms with Crippen LogP contribution in [0.1, 0.15) is 53.4 Å². The molecule has 0 saturated carbocycles. The summed E-state index contributed by atoms with van der Waals surface area (Å²) >= 11 is 0. The number of allylic oxidation sites excluding steroid dienone is 15. The number of carboxylic acid groups (broad SMARTS) is 1. The first-order chi connectivity index (χ1) is 25.3. The summed E-state index contributed by atoms with van der Waals surface area (Å²) in [5.74, 6) is -3.34. The van der Waals surface area contributed by atoms with Crippen LogP contribution in [0, 0.1) is 11.3 Å². The predicted octanol–water partition coefficient (Wildman–Crippen LogP) is 4.66.